The maximum Gasteiger partial charge on any atom is 0.349 e. The molecule has 2 aliphatic heterocycles. The number of aryl methyl sites for hydroxylation is 1. The summed E-state index contributed by atoms with van der Waals surface area (Å²) < 4.78 is 8.24. The second-order valence-corrected chi connectivity index (χ2v) is 9.74. The second kappa shape index (κ2) is 9.79. The quantitative estimate of drug-likeness (QED) is 0.391. The fourth-order valence-electron chi connectivity index (χ4n) is 4.72. The molecule has 0 unspecified atom stereocenters. The van der Waals surface area contributed by atoms with Gasteiger partial charge in [0.05, 0.1) is 17.1 Å². The van der Waals surface area contributed by atoms with E-state index in [0.717, 1.165) is 41.8 Å². The van der Waals surface area contributed by atoms with E-state index in [-0.39, 0.29) is 17.6 Å². The summed E-state index contributed by atoms with van der Waals surface area (Å²) in [5, 5.41) is 0.706. The van der Waals surface area contributed by atoms with Gasteiger partial charge in [-0.05, 0) is 69.0 Å². The third-order valence-electron chi connectivity index (χ3n) is 6.57. The lowest BCUT2D eigenvalue weighted by Gasteiger charge is -2.22. The Morgan fingerprint density at radius 1 is 1.14 bits per heavy atom. The number of halogens is 1. The minimum atomic E-state index is -0.679. The number of likely N-dealkylation sites (N-methyl/N-ethyl adjacent to an activating group) is 1. The van der Waals surface area contributed by atoms with Crippen molar-refractivity contribution in [3.8, 4) is 17.3 Å². The molecule has 2 aromatic rings. The number of benzene rings is 2. The number of hydrogen-bond acceptors (Lipinski definition) is 6. The van der Waals surface area contributed by atoms with Crippen molar-refractivity contribution in [1.29, 1.82) is 0 Å². The molecule has 182 valence electrons. The van der Waals surface area contributed by atoms with Crippen molar-refractivity contribution in [3.63, 3.8) is 0 Å². The Morgan fingerprint density at radius 3 is 2.63 bits per heavy atom. The van der Waals surface area contributed by atoms with Crippen LogP contribution in [0.15, 0.2) is 46.0 Å². The average Bonchev–Trinajstić information content (AvgIpc) is 3.33. The molecule has 1 aliphatic carbocycles. The number of nitrogens with zero attached hydrogens (tertiary/aromatic N) is 4. The maximum atomic E-state index is 12.6. The van der Waals surface area contributed by atoms with Gasteiger partial charge in [-0.3, -0.25) is 9.78 Å². The predicted octanol–water partition coefficient (Wildman–Crippen LogP) is 4.00. The van der Waals surface area contributed by atoms with Crippen molar-refractivity contribution >= 4 is 22.6 Å². The van der Waals surface area contributed by atoms with Gasteiger partial charge in [-0.15, -0.1) is 0 Å². The third-order valence-corrected chi connectivity index (χ3v) is 6.82. The molecular weight excluding hydrogens is 466 g/mol. The molecule has 1 saturated carbocycles. The van der Waals surface area contributed by atoms with Crippen molar-refractivity contribution in [3.05, 3.63) is 73.4 Å². The lowest BCUT2D eigenvalue weighted by atomic mass is 10.1. The van der Waals surface area contributed by atoms with Gasteiger partial charge >= 0.3 is 5.69 Å². The molecule has 0 amide bonds. The van der Waals surface area contributed by atoms with Crippen molar-refractivity contribution in [1.82, 2.24) is 24.4 Å². The minimum absolute atomic E-state index is 0.154. The Balaban J connectivity index is 1.53. The first-order valence-corrected chi connectivity index (χ1v) is 12.3. The van der Waals surface area contributed by atoms with Gasteiger partial charge in [-0.1, -0.05) is 23.7 Å². The van der Waals surface area contributed by atoms with E-state index in [4.69, 9.17) is 16.3 Å². The summed E-state index contributed by atoms with van der Waals surface area (Å²) in [4.78, 5) is 37.8. The molecule has 0 bridgehead atoms. The van der Waals surface area contributed by atoms with E-state index in [9.17, 15) is 9.59 Å². The van der Waals surface area contributed by atoms with Crippen LogP contribution < -0.4 is 16.0 Å². The van der Waals surface area contributed by atoms with Gasteiger partial charge in [0, 0.05) is 30.7 Å². The van der Waals surface area contributed by atoms with Crippen LogP contribution in [0, 0.1) is 6.92 Å². The molecule has 5 rings (SSSR count). The van der Waals surface area contributed by atoms with E-state index >= 15 is 0 Å². The number of rotatable bonds is 7. The summed E-state index contributed by atoms with van der Waals surface area (Å²) in [6.07, 6.45) is 4.69. The highest BCUT2D eigenvalue weighted by molar-refractivity contribution is 6.30. The van der Waals surface area contributed by atoms with Gasteiger partial charge in [0.2, 0.25) is 0 Å². The molecule has 35 heavy (non-hydrogen) atoms. The molecular formula is C26H28ClN5O3. The Hall–Kier alpha value is -3.23. The van der Waals surface area contributed by atoms with Gasteiger partial charge in [0.1, 0.15) is 5.75 Å². The lowest BCUT2D eigenvalue weighted by molar-refractivity contribution is 0.209. The zero-order chi connectivity index (χ0) is 24.5. The number of fused-ring (bicyclic) bond motifs is 2. The van der Waals surface area contributed by atoms with Crippen LogP contribution in [0.1, 0.15) is 36.8 Å². The Bertz CT molecular complexity index is 1440. The van der Waals surface area contributed by atoms with Crippen molar-refractivity contribution in [2.75, 3.05) is 13.6 Å². The van der Waals surface area contributed by atoms with Gasteiger partial charge < -0.3 is 14.2 Å². The largest absolute Gasteiger partial charge is 0.490 e. The van der Waals surface area contributed by atoms with Crippen LogP contribution in [0.4, 0.5) is 0 Å². The van der Waals surface area contributed by atoms with E-state index < -0.39 is 11.2 Å². The first-order chi connectivity index (χ1) is 16.9. The van der Waals surface area contributed by atoms with Crippen LogP contribution in [0.3, 0.4) is 0 Å². The minimum Gasteiger partial charge on any atom is -0.490 e. The Kier molecular flexibility index (Phi) is 6.58. The average molecular weight is 494 g/mol. The number of aromatic nitrogens is 4. The molecule has 0 radical (unpaired) electrons. The summed E-state index contributed by atoms with van der Waals surface area (Å²) in [6.45, 7) is 3.90. The van der Waals surface area contributed by atoms with E-state index in [1.807, 2.05) is 54.9 Å². The second-order valence-electron chi connectivity index (χ2n) is 9.30. The molecule has 1 N–H and O–H groups in total. The van der Waals surface area contributed by atoms with Crippen molar-refractivity contribution in [2.24, 2.45) is 0 Å². The molecule has 0 spiro atoms. The smallest absolute Gasteiger partial charge is 0.349 e. The summed E-state index contributed by atoms with van der Waals surface area (Å²) >= 11 is 6.01. The van der Waals surface area contributed by atoms with Gasteiger partial charge in [-0.25, -0.2) is 9.78 Å². The van der Waals surface area contributed by atoms with Gasteiger partial charge in [-0.2, -0.15) is 4.98 Å². The van der Waals surface area contributed by atoms with E-state index in [0.29, 0.717) is 23.6 Å². The summed E-state index contributed by atoms with van der Waals surface area (Å²) in [5.74, 6) is 1.09. The highest BCUT2D eigenvalue weighted by atomic mass is 35.5. The molecule has 2 heterocycles. The molecule has 3 aliphatic rings. The van der Waals surface area contributed by atoms with Crippen LogP contribution >= 0.6 is 11.6 Å². The zero-order valence-corrected chi connectivity index (χ0v) is 20.6. The lowest BCUT2D eigenvalue weighted by Crippen LogP contribution is -2.30. The Morgan fingerprint density at radius 2 is 1.89 bits per heavy atom. The third kappa shape index (κ3) is 5.09. The van der Waals surface area contributed by atoms with Gasteiger partial charge in [0.15, 0.2) is 11.5 Å². The summed E-state index contributed by atoms with van der Waals surface area (Å²) in [5.41, 5.74) is 2.50. The SMILES string of the molecule is Cc1cc2nc3c(=O)[nH]c(=O)nc-3n(CCN(C)Cc3ccc(Cl)cc3)c2cc1OC1CCCC1. The van der Waals surface area contributed by atoms with E-state index in [1.54, 1.807) is 0 Å². The first-order valence-electron chi connectivity index (χ1n) is 11.9. The first kappa shape index (κ1) is 23.5. The molecule has 0 saturated heterocycles. The molecule has 0 atom stereocenters. The fraction of sp³-hybridized carbons (Fsp3) is 0.385. The molecule has 8 nitrogen and oxygen atoms in total. The molecule has 2 aromatic carbocycles. The van der Waals surface area contributed by atoms with Crippen LogP contribution in [0.5, 0.6) is 5.75 Å². The highest BCUT2D eigenvalue weighted by Crippen LogP contribution is 2.31. The molecule has 9 heteroatoms. The van der Waals surface area contributed by atoms with Crippen LogP contribution in [0.25, 0.3) is 22.6 Å². The van der Waals surface area contributed by atoms with Crippen LogP contribution in [0.2, 0.25) is 5.02 Å². The van der Waals surface area contributed by atoms with Crippen LogP contribution in [-0.2, 0) is 13.1 Å². The normalized spacial score (nSPS) is 14.4. The van der Waals surface area contributed by atoms with Gasteiger partial charge in [0.25, 0.3) is 5.56 Å². The standard InChI is InChI=1S/C26H28ClN5O3/c1-16-13-20-21(14-22(16)35-19-5-3-4-6-19)32(24-23(28-20)25(33)30-26(34)29-24)12-11-31(2)15-17-7-9-18(27)10-8-17/h7-10,13-14,19H,3-6,11-12,15H2,1-2H3,(H,30,33,34). The molecule has 0 aromatic heterocycles. The summed E-state index contributed by atoms with van der Waals surface area (Å²) in [7, 11) is 2.03. The monoisotopic (exact) mass is 493 g/mol. The number of hydrogen-bond donors (Lipinski definition) is 1. The highest BCUT2D eigenvalue weighted by Gasteiger charge is 2.22. The topological polar surface area (TPSA) is 93.1 Å². The summed E-state index contributed by atoms with van der Waals surface area (Å²) in [6, 6.07) is 11.7. The van der Waals surface area contributed by atoms with E-state index in [2.05, 4.69) is 19.9 Å². The zero-order valence-electron chi connectivity index (χ0n) is 19.9. The van der Waals surface area contributed by atoms with Crippen molar-refractivity contribution in [2.45, 2.75) is 51.8 Å². The number of H-pyrrole nitrogens is 1. The Labute approximate surface area is 207 Å². The van der Waals surface area contributed by atoms with E-state index in [1.165, 1.54) is 12.8 Å². The van der Waals surface area contributed by atoms with Crippen molar-refractivity contribution < 1.29 is 4.74 Å². The fourth-order valence-corrected chi connectivity index (χ4v) is 4.84. The van der Waals surface area contributed by atoms with Crippen LogP contribution in [-0.4, -0.2) is 44.1 Å². The molecule has 1 fully saturated rings. The number of nitrogens with one attached hydrogen (secondary N) is 1. The number of ether oxygens (including phenoxy) is 1. The predicted molar refractivity (Wildman–Crippen MR) is 136 cm³/mol. The maximum absolute atomic E-state index is 12.6. The number of aromatic amines is 1.